The van der Waals surface area contributed by atoms with Crippen LogP contribution in [-0.4, -0.2) is 38.5 Å². The molecule has 0 bridgehead atoms. The molecule has 162 valence electrons. The fourth-order valence-electron chi connectivity index (χ4n) is 3.73. The van der Waals surface area contributed by atoms with Gasteiger partial charge in [0.2, 0.25) is 5.95 Å². The maximum Gasteiger partial charge on any atom is 0.223 e. The Morgan fingerprint density at radius 2 is 1.97 bits per heavy atom. The number of aryl methyl sites for hydroxylation is 1. The minimum Gasteiger partial charge on any atom is -0.350 e. The van der Waals surface area contributed by atoms with Crippen LogP contribution in [0.5, 0.6) is 0 Å². The standard InChI is InChI=1S/C21H21FN6S.C2H6/c1-13-12-28-19(18(27-21(28)29-13)14-4-6-15(22)7-5-14)17-8-10-24-20(26-17)25-16-3-2-9-23-11-16;1-2/h4-8,10,12,16,23H,2-3,9,11H2,1H3,(H,24,25,26);1-2H3/t16-;/m1./s1. The van der Waals surface area contributed by atoms with Crippen molar-refractivity contribution in [2.75, 3.05) is 18.4 Å². The molecule has 1 aliphatic heterocycles. The highest BCUT2D eigenvalue weighted by Gasteiger charge is 2.20. The second-order valence-corrected chi connectivity index (χ2v) is 8.48. The highest BCUT2D eigenvalue weighted by Crippen LogP contribution is 2.34. The van der Waals surface area contributed by atoms with Crippen LogP contribution < -0.4 is 10.6 Å². The first-order chi connectivity index (χ1) is 15.2. The monoisotopic (exact) mass is 438 g/mol. The fraction of sp³-hybridized carbons (Fsp3) is 0.348. The van der Waals surface area contributed by atoms with Crippen molar-refractivity contribution in [1.29, 1.82) is 0 Å². The van der Waals surface area contributed by atoms with Crippen molar-refractivity contribution in [2.24, 2.45) is 0 Å². The number of rotatable bonds is 4. The Morgan fingerprint density at radius 3 is 2.71 bits per heavy atom. The van der Waals surface area contributed by atoms with Crippen LogP contribution in [0.25, 0.3) is 27.6 Å². The van der Waals surface area contributed by atoms with Gasteiger partial charge in [0.1, 0.15) is 11.5 Å². The van der Waals surface area contributed by atoms with Crippen LogP contribution >= 0.6 is 11.3 Å². The Morgan fingerprint density at radius 1 is 1.16 bits per heavy atom. The van der Waals surface area contributed by atoms with E-state index in [9.17, 15) is 4.39 Å². The summed E-state index contributed by atoms with van der Waals surface area (Å²) in [6, 6.07) is 8.65. The molecule has 6 nitrogen and oxygen atoms in total. The number of nitrogens with one attached hydrogen (secondary N) is 2. The molecule has 8 heteroatoms. The number of nitrogens with zero attached hydrogens (tertiary/aromatic N) is 4. The molecule has 5 rings (SSSR count). The van der Waals surface area contributed by atoms with Crippen molar-refractivity contribution >= 4 is 22.2 Å². The highest BCUT2D eigenvalue weighted by atomic mass is 32.1. The number of aromatic nitrogens is 4. The third-order valence-electron chi connectivity index (χ3n) is 5.09. The van der Waals surface area contributed by atoms with Gasteiger partial charge < -0.3 is 10.6 Å². The lowest BCUT2D eigenvalue weighted by Crippen LogP contribution is -2.38. The molecule has 3 aromatic heterocycles. The average Bonchev–Trinajstić information content (AvgIpc) is 3.32. The first kappa shape index (κ1) is 21.4. The Kier molecular flexibility index (Phi) is 6.58. The predicted molar refractivity (Wildman–Crippen MR) is 125 cm³/mol. The van der Waals surface area contributed by atoms with Crippen molar-refractivity contribution in [3.05, 3.63) is 53.4 Å². The van der Waals surface area contributed by atoms with E-state index < -0.39 is 0 Å². The summed E-state index contributed by atoms with van der Waals surface area (Å²) in [5.74, 6) is 0.352. The van der Waals surface area contributed by atoms with E-state index in [2.05, 4.69) is 33.1 Å². The van der Waals surface area contributed by atoms with Gasteiger partial charge in [0.25, 0.3) is 0 Å². The van der Waals surface area contributed by atoms with Gasteiger partial charge in [-0.1, -0.05) is 13.8 Å². The lowest BCUT2D eigenvalue weighted by atomic mass is 10.1. The number of thiazole rings is 1. The smallest absolute Gasteiger partial charge is 0.223 e. The average molecular weight is 439 g/mol. The summed E-state index contributed by atoms with van der Waals surface area (Å²) in [5.41, 5.74) is 3.33. The van der Waals surface area contributed by atoms with Crippen molar-refractivity contribution in [2.45, 2.75) is 39.7 Å². The molecule has 31 heavy (non-hydrogen) atoms. The minimum atomic E-state index is -0.262. The molecular weight excluding hydrogens is 411 g/mol. The maximum atomic E-state index is 13.4. The number of hydrogen-bond acceptors (Lipinski definition) is 6. The Bertz CT molecular complexity index is 1140. The summed E-state index contributed by atoms with van der Waals surface area (Å²) in [5, 5.41) is 6.84. The number of halogens is 1. The lowest BCUT2D eigenvalue weighted by Gasteiger charge is -2.23. The molecule has 4 heterocycles. The molecule has 4 aromatic rings. The number of anilines is 1. The molecule has 0 saturated carbocycles. The number of fused-ring (bicyclic) bond motifs is 1. The van der Waals surface area contributed by atoms with Gasteiger partial charge in [-0.05, 0) is 56.6 Å². The van der Waals surface area contributed by atoms with E-state index in [4.69, 9.17) is 9.97 Å². The predicted octanol–water partition coefficient (Wildman–Crippen LogP) is 5.16. The van der Waals surface area contributed by atoms with Gasteiger partial charge in [0, 0.05) is 35.4 Å². The molecule has 2 N–H and O–H groups in total. The van der Waals surface area contributed by atoms with Crippen molar-refractivity contribution in [3.63, 3.8) is 0 Å². The van der Waals surface area contributed by atoms with Crippen LogP contribution in [-0.2, 0) is 0 Å². The normalized spacial score (nSPS) is 16.1. The number of hydrogen-bond donors (Lipinski definition) is 2. The summed E-state index contributed by atoms with van der Waals surface area (Å²) in [4.78, 5) is 16.1. The SMILES string of the molecule is CC.Cc1cn2c(-c3ccnc(N[C@@H]4CCCNC4)n3)c(-c3ccc(F)cc3)nc2s1. The maximum absolute atomic E-state index is 13.4. The minimum absolute atomic E-state index is 0.262. The van der Waals surface area contributed by atoms with Crippen molar-refractivity contribution < 1.29 is 4.39 Å². The van der Waals surface area contributed by atoms with E-state index in [0.717, 1.165) is 53.5 Å². The second-order valence-electron chi connectivity index (χ2n) is 7.26. The largest absolute Gasteiger partial charge is 0.350 e. The van der Waals surface area contributed by atoms with E-state index >= 15 is 0 Å². The zero-order valence-corrected chi connectivity index (χ0v) is 18.8. The highest BCUT2D eigenvalue weighted by molar-refractivity contribution is 7.17. The quantitative estimate of drug-likeness (QED) is 0.461. The number of imidazole rings is 1. The molecule has 1 fully saturated rings. The van der Waals surface area contributed by atoms with Gasteiger partial charge >= 0.3 is 0 Å². The molecule has 0 radical (unpaired) electrons. The van der Waals surface area contributed by atoms with E-state index in [1.807, 2.05) is 19.9 Å². The summed E-state index contributed by atoms with van der Waals surface area (Å²) >= 11 is 1.62. The van der Waals surface area contributed by atoms with Crippen LogP contribution in [0, 0.1) is 12.7 Å². The zero-order valence-electron chi connectivity index (χ0n) is 18.0. The molecule has 0 aliphatic carbocycles. The number of benzene rings is 1. The molecule has 1 aliphatic rings. The van der Waals surface area contributed by atoms with E-state index in [1.165, 1.54) is 17.0 Å². The molecule has 1 atom stereocenters. The lowest BCUT2D eigenvalue weighted by molar-refractivity contribution is 0.478. The third kappa shape index (κ3) is 4.60. The second kappa shape index (κ2) is 9.53. The fourth-order valence-corrected chi connectivity index (χ4v) is 4.55. The summed E-state index contributed by atoms with van der Waals surface area (Å²) in [7, 11) is 0. The van der Waals surface area contributed by atoms with Crippen LogP contribution in [0.3, 0.4) is 0 Å². The Hall–Kier alpha value is -2.84. The van der Waals surface area contributed by atoms with Gasteiger partial charge in [0.05, 0.1) is 11.4 Å². The van der Waals surface area contributed by atoms with Crippen molar-refractivity contribution in [1.82, 2.24) is 24.7 Å². The van der Waals surface area contributed by atoms with E-state index in [1.54, 1.807) is 29.7 Å². The first-order valence-electron chi connectivity index (χ1n) is 10.7. The molecule has 1 aromatic carbocycles. The summed E-state index contributed by atoms with van der Waals surface area (Å²) in [6.07, 6.45) is 6.08. The molecule has 0 spiro atoms. The first-order valence-corrected chi connectivity index (χ1v) is 11.5. The summed E-state index contributed by atoms with van der Waals surface area (Å²) < 4.78 is 15.5. The van der Waals surface area contributed by atoms with Gasteiger partial charge in [0.15, 0.2) is 4.96 Å². The number of piperidine rings is 1. The Labute approximate surface area is 185 Å². The molecule has 0 amide bonds. The molecule has 0 unspecified atom stereocenters. The molecular formula is C23H27FN6S. The van der Waals surface area contributed by atoms with Crippen LogP contribution in [0.2, 0.25) is 0 Å². The zero-order chi connectivity index (χ0) is 21.8. The Balaban J connectivity index is 0.00000112. The van der Waals surface area contributed by atoms with Gasteiger partial charge in [-0.25, -0.2) is 19.3 Å². The topological polar surface area (TPSA) is 67.1 Å². The van der Waals surface area contributed by atoms with Gasteiger partial charge in [-0.2, -0.15) is 0 Å². The van der Waals surface area contributed by atoms with E-state index in [0.29, 0.717) is 12.0 Å². The third-order valence-corrected chi connectivity index (χ3v) is 5.99. The van der Waals surface area contributed by atoms with Crippen LogP contribution in [0.15, 0.2) is 42.7 Å². The van der Waals surface area contributed by atoms with Gasteiger partial charge in [-0.15, -0.1) is 11.3 Å². The van der Waals surface area contributed by atoms with Crippen molar-refractivity contribution in [3.8, 4) is 22.6 Å². The van der Waals surface area contributed by atoms with Crippen LogP contribution in [0.1, 0.15) is 31.6 Å². The summed E-state index contributed by atoms with van der Waals surface area (Å²) in [6.45, 7) is 8.03. The van der Waals surface area contributed by atoms with Crippen LogP contribution in [0.4, 0.5) is 10.3 Å². The molecule has 1 saturated heterocycles. The van der Waals surface area contributed by atoms with E-state index in [-0.39, 0.29) is 5.82 Å². The van der Waals surface area contributed by atoms with Gasteiger partial charge in [-0.3, -0.25) is 4.40 Å².